The summed E-state index contributed by atoms with van der Waals surface area (Å²) >= 11 is 7.93. The fraction of sp³-hybridized carbons (Fsp3) is 0.125. The molecule has 1 amide bonds. The van der Waals surface area contributed by atoms with E-state index < -0.39 is 0 Å². The minimum absolute atomic E-state index is 0. The van der Waals surface area contributed by atoms with E-state index >= 15 is 0 Å². The molecular formula is C16H12ClN2ORbS. The van der Waals surface area contributed by atoms with Crippen LogP contribution in [0.1, 0.15) is 21.5 Å². The molecule has 0 radical (unpaired) electrons. The van der Waals surface area contributed by atoms with Gasteiger partial charge < -0.3 is 10.1 Å². The predicted molar refractivity (Wildman–Crippen MR) is 87.4 cm³/mol. The Kier molecular flexibility index (Phi) is 6.45. The van der Waals surface area contributed by atoms with E-state index in [1.54, 1.807) is 23.9 Å². The molecule has 0 atom stereocenters. The van der Waals surface area contributed by atoms with Crippen LogP contribution in [0.5, 0.6) is 0 Å². The van der Waals surface area contributed by atoms with Gasteiger partial charge in [0.25, 0.3) is 0 Å². The van der Waals surface area contributed by atoms with Crippen molar-refractivity contribution in [2.24, 2.45) is 4.99 Å². The summed E-state index contributed by atoms with van der Waals surface area (Å²) in [5, 5.41) is 4.11. The number of aryl methyl sites for hydroxylation is 1. The van der Waals surface area contributed by atoms with Crippen molar-refractivity contribution in [1.82, 2.24) is 0 Å². The molecule has 0 bridgehead atoms. The first-order valence-electron chi connectivity index (χ1n) is 6.40. The summed E-state index contributed by atoms with van der Waals surface area (Å²) in [7, 11) is 1.48. The molecule has 0 aliphatic carbocycles. The topological polar surface area (TPSA) is 43.5 Å². The molecule has 0 unspecified atom stereocenters. The smallest absolute Gasteiger partial charge is 0.652 e. The Morgan fingerprint density at radius 1 is 1.18 bits per heavy atom. The van der Waals surface area contributed by atoms with Gasteiger partial charge in [-0.25, -0.2) is 4.99 Å². The average molecular weight is 401 g/mol. The van der Waals surface area contributed by atoms with Gasteiger partial charge in [-0.2, -0.15) is 0 Å². The van der Waals surface area contributed by atoms with Gasteiger partial charge in [0, 0.05) is 20.9 Å². The van der Waals surface area contributed by atoms with Crippen LogP contribution >= 0.6 is 23.4 Å². The van der Waals surface area contributed by atoms with Crippen LogP contribution in [0, 0.1) is 6.92 Å². The number of aliphatic imine (C=N–C) groups is 1. The van der Waals surface area contributed by atoms with Crippen molar-refractivity contribution in [3.05, 3.63) is 58.4 Å². The number of fused-ring (bicyclic) bond motifs is 2. The molecule has 106 valence electrons. The van der Waals surface area contributed by atoms with Crippen LogP contribution in [0.3, 0.4) is 0 Å². The summed E-state index contributed by atoms with van der Waals surface area (Å²) in [5.41, 5.74) is 3.31. The molecule has 0 saturated carbocycles. The van der Waals surface area contributed by atoms with Gasteiger partial charge in [0.1, 0.15) is 5.17 Å². The molecule has 0 saturated heterocycles. The third kappa shape index (κ3) is 3.74. The molecule has 1 aliphatic heterocycles. The number of hydrogen-bond acceptors (Lipinski definition) is 3. The Hall–Kier alpha value is 0.0252. The SMILES string of the molecule is C[N-]C(=O)c1ccc2c(c1)N=C(Cl)c1ccc(C)cc1S2.[Rb+]. The first-order valence-corrected chi connectivity index (χ1v) is 7.59. The van der Waals surface area contributed by atoms with Gasteiger partial charge in [-0.3, -0.25) is 0 Å². The summed E-state index contributed by atoms with van der Waals surface area (Å²) in [6.07, 6.45) is 0. The van der Waals surface area contributed by atoms with Crippen LogP contribution in [0.15, 0.2) is 51.2 Å². The van der Waals surface area contributed by atoms with E-state index in [2.05, 4.69) is 16.4 Å². The van der Waals surface area contributed by atoms with Gasteiger partial charge in [0.15, 0.2) is 0 Å². The predicted octanol–water partition coefficient (Wildman–Crippen LogP) is 1.92. The number of hydrogen-bond donors (Lipinski definition) is 0. The van der Waals surface area contributed by atoms with E-state index in [1.807, 2.05) is 25.1 Å². The minimum Gasteiger partial charge on any atom is -0.652 e. The maximum absolute atomic E-state index is 11.7. The quantitative estimate of drug-likeness (QED) is 0.733. The number of carbonyl (C=O) groups is 1. The van der Waals surface area contributed by atoms with Crippen molar-refractivity contribution in [2.45, 2.75) is 16.7 Å². The normalized spacial score (nSPS) is 12.2. The van der Waals surface area contributed by atoms with Crippen LogP contribution in [0.4, 0.5) is 5.69 Å². The molecule has 0 spiro atoms. The number of carbonyl (C=O) groups excluding carboxylic acids is 1. The molecule has 0 aromatic heterocycles. The molecule has 1 heterocycles. The molecule has 2 aromatic rings. The third-order valence-electron chi connectivity index (χ3n) is 3.21. The van der Waals surface area contributed by atoms with E-state index in [-0.39, 0.29) is 64.1 Å². The van der Waals surface area contributed by atoms with E-state index in [9.17, 15) is 4.79 Å². The van der Waals surface area contributed by atoms with Gasteiger partial charge in [-0.1, -0.05) is 41.6 Å². The van der Waals surface area contributed by atoms with Crippen LogP contribution in [-0.4, -0.2) is 18.1 Å². The Bertz CT molecular complexity index is 777. The fourth-order valence-electron chi connectivity index (χ4n) is 2.12. The van der Waals surface area contributed by atoms with E-state index in [4.69, 9.17) is 11.6 Å². The van der Waals surface area contributed by atoms with Crippen molar-refractivity contribution < 1.29 is 63.0 Å². The van der Waals surface area contributed by atoms with Crippen LogP contribution in [-0.2, 0) is 0 Å². The summed E-state index contributed by atoms with van der Waals surface area (Å²) in [6, 6.07) is 11.5. The largest absolute Gasteiger partial charge is 1.00 e. The maximum atomic E-state index is 11.7. The number of halogens is 1. The maximum Gasteiger partial charge on any atom is 1.00 e. The number of benzene rings is 2. The van der Waals surface area contributed by atoms with Crippen molar-refractivity contribution in [1.29, 1.82) is 0 Å². The van der Waals surface area contributed by atoms with Crippen molar-refractivity contribution in [3.8, 4) is 0 Å². The summed E-state index contributed by atoms with van der Waals surface area (Å²) in [6.45, 7) is 2.04. The Labute approximate surface area is 187 Å². The molecular weight excluding hydrogens is 389 g/mol. The third-order valence-corrected chi connectivity index (χ3v) is 4.62. The first kappa shape index (κ1) is 18.4. The van der Waals surface area contributed by atoms with Gasteiger partial charge in [0.05, 0.1) is 11.6 Å². The molecule has 3 nitrogen and oxygen atoms in total. The van der Waals surface area contributed by atoms with Crippen molar-refractivity contribution in [2.75, 3.05) is 7.05 Å². The molecule has 0 N–H and O–H groups in total. The Morgan fingerprint density at radius 3 is 2.68 bits per heavy atom. The Balaban J connectivity index is 0.00000176. The second-order valence-corrected chi connectivity index (χ2v) is 6.16. The second-order valence-electron chi connectivity index (χ2n) is 4.72. The summed E-state index contributed by atoms with van der Waals surface area (Å²) in [5.74, 6) is -0.258. The van der Waals surface area contributed by atoms with E-state index in [0.29, 0.717) is 16.4 Å². The fourth-order valence-corrected chi connectivity index (χ4v) is 3.54. The zero-order valence-corrected chi connectivity index (χ0v) is 19.0. The van der Waals surface area contributed by atoms with E-state index in [1.165, 1.54) is 12.6 Å². The van der Waals surface area contributed by atoms with Crippen molar-refractivity contribution >= 4 is 40.1 Å². The van der Waals surface area contributed by atoms with Crippen LogP contribution in [0.2, 0.25) is 0 Å². The number of nitrogens with zero attached hydrogens (tertiary/aromatic N) is 2. The second kappa shape index (κ2) is 7.73. The average Bonchev–Trinajstić information content (AvgIpc) is 2.61. The van der Waals surface area contributed by atoms with Gasteiger partial charge in [-0.05, 0) is 30.7 Å². The van der Waals surface area contributed by atoms with Crippen molar-refractivity contribution in [3.63, 3.8) is 0 Å². The van der Waals surface area contributed by atoms with Gasteiger partial charge in [0.2, 0.25) is 0 Å². The van der Waals surface area contributed by atoms with E-state index in [0.717, 1.165) is 15.4 Å². The van der Waals surface area contributed by atoms with Crippen LogP contribution < -0.4 is 58.2 Å². The molecule has 2 aromatic carbocycles. The zero-order valence-electron chi connectivity index (χ0n) is 12.6. The molecule has 1 aliphatic rings. The zero-order chi connectivity index (χ0) is 15.0. The first-order chi connectivity index (χ1) is 10.1. The Morgan fingerprint density at radius 2 is 1.95 bits per heavy atom. The van der Waals surface area contributed by atoms with Gasteiger partial charge in [-0.15, -0.1) is 7.05 Å². The van der Waals surface area contributed by atoms with Gasteiger partial charge >= 0.3 is 58.2 Å². The molecule has 6 heteroatoms. The molecule has 3 rings (SSSR count). The minimum atomic E-state index is -0.258. The monoisotopic (exact) mass is 400 g/mol. The molecule has 0 fully saturated rings. The number of rotatable bonds is 1. The summed E-state index contributed by atoms with van der Waals surface area (Å²) in [4.78, 5) is 18.2. The number of amides is 1. The molecule has 22 heavy (non-hydrogen) atoms. The summed E-state index contributed by atoms with van der Waals surface area (Å²) < 4.78 is 0. The standard InChI is InChI=1S/C16H13ClN2OS.Rb/c1-9-3-5-11-14(7-9)21-13-6-4-10(16(20)18-2)8-12(13)19-15(11)17;/h3-8H,1-2H3,(H,18,20);/q;+1/p-1. The van der Waals surface area contributed by atoms with Crippen LogP contribution in [0.25, 0.3) is 5.32 Å².